The van der Waals surface area contributed by atoms with Gasteiger partial charge in [0.05, 0.1) is 0 Å². The molecule has 0 aliphatic carbocycles. The van der Waals surface area contributed by atoms with E-state index in [1.165, 1.54) is 0 Å². The number of hydrogen-bond donors (Lipinski definition) is 1. The molecule has 0 spiro atoms. The van der Waals surface area contributed by atoms with E-state index in [1.807, 2.05) is 26.0 Å². The normalized spacial score (nSPS) is 11.5. The number of rotatable bonds is 3. The quantitative estimate of drug-likeness (QED) is 0.510. The van der Waals surface area contributed by atoms with Gasteiger partial charge in [0.2, 0.25) is 5.91 Å². The van der Waals surface area contributed by atoms with Crippen molar-refractivity contribution in [2.24, 2.45) is 5.73 Å². The second-order valence-electron chi connectivity index (χ2n) is 4.02. The molecule has 0 radical (unpaired) electrons. The predicted molar refractivity (Wildman–Crippen MR) is 77.0 cm³/mol. The molecule has 1 heterocycles. The van der Waals surface area contributed by atoms with Crippen molar-refractivity contribution in [1.29, 1.82) is 0 Å². The Bertz CT molecular complexity index is 599. The first-order valence-corrected chi connectivity index (χ1v) is 5.77. The average Bonchev–Trinajstić information content (AvgIpc) is 2.42. The molecule has 0 fully saturated rings. The zero-order chi connectivity index (χ0) is 14.3. The number of carbonyl (C=O) groups excluding carboxylic acids is 1. The lowest BCUT2D eigenvalue weighted by Crippen LogP contribution is -2.11. The Hall–Kier alpha value is -2.60. The van der Waals surface area contributed by atoms with E-state index >= 15 is 0 Å². The fourth-order valence-corrected chi connectivity index (χ4v) is 1.13. The number of primary amides is 1. The van der Waals surface area contributed by atoms with Crippen molar-refractivity contribution in [2.75, 3.05) is 0 Å². The van der Waals surface area contributed by atoms with E-state index in [0.29, 0.717) is 0 Å². The number of allylic oxidation sites excluding steroid dienone is 3. The zero-order valence-corrected chi connectivity index (χ0v) is 11.1. The van der Waals surface area contributed by atoms with Crippen LogP contribution in [0.2, 0.25) is 0 Å². The third-order valence-electron chi connectivity index (χ3n) is 2.50. The Morgan fingerprint density at radius 2 is 2.16 bits per heavy atom. The standard InChI is InChI=1S/C16H16N2O/c1-12(6-7-14(3)16(17)19)13(2)8-9-15-5-4-10-18-11-15/h4-7,10-11H,3H2,1-2H3,(H2,17,19)/b7-6-,13-12+. The Morgan fingerprint density at radius 3 is 2.74 bits per heavy atom. The second-order valence-corrected chi connectivity index (χ2v) is 4.02. The fourth-order valence-electron chi connectivity index (χ4n) is 1.13. The molecule has 0 aliphatic rings. The molecule has 1 aromatic heterocycles. The van der Waals surface area contributed by atoms with Gasteiger partial charge in [-0.3, -0.25) is 9.78 Å². The summed E-state index contributed by atoms with van der Waals surface area (Å²) in [6.45, 7) is 7.38. The van der Waals surface area contributed by atoms with Crippen LogP contribution >= 0.6 is 0 Å². The van der Waals surface area contributed by atoms with E-state index in [1.54, 1.807) is 24.5 Å². The van der Waals surface area contributed by atoms with Gasteiger partial charge in [0, 0.05) is 29.1 Å². The summed E-state index contributed by atoms with van der Waals surface area (Å²) in [6, 6.07) is 3.74. The average molecular weight is 252 g/mol. The first-order valence-electron chi connectivity index (χ1n) is 5.77. The summed E-state index contributed by atoms with van der Waals surface area (Å²) in [6.07, 6.45) is 6.78. The molecule has 3 nitrogen and oxygen atoms in total. The third kappa shape index (κ3) is 5.05. The third-order valence-corrected chi connectivity index (χ3v) is 2.50. The molecule has 1 amide bonds. The van der Waals surface area contributed by atoms with Crippen molar-refractivity contribution >= 4 is 5.91 Å². The van der Waals surface area contributed by atoms with Crippen LogP contribution < -0.4 is 5.73 Å². The molecular formula is C16H16N2O. The number of pyridine rings is 1. The van der Waals surface area contributed by atoms with Gasteiger partial charge >= 0.3 is 0 Å². The largest absolute Gasteiger partial charge is 0.366 e. The minimum atomic E-state index is -0.525. The molecule has 1 rings (SSSR count). The lowest BCUT2D eigenvalue weighted by Gasteiger charge is -1.96. The molecule has 0 atom stereocenters. The molecule has 0 aliphatic heterocycles. The summed E-state index contributed by atoms with van der Waals surface area (Å²) in [5.74, 6) is 5.54. The summed E-state index contributed by atoms with van der Waals surface area (Å²) in [4.78, 5) is 14.8. The molecular weight excluding hydrogens is 236 g/mol. The lowest BCUT2D eigenvalue weighted by molar-refractivity contribution is -0.114. The highest BCUT2D eigenvalue weighted by Crippen LogP contribution is 2.06. The molecule has 96 valence electrons. The minimum Gasteiger partial charge on any atom is -0.366 e. The maximum Gasteiger partial charge on any atom is 0.248 e. The summed E-state index contributed by atoms with van der Waals surface area (Å²) >= 11 is 0. The molecule has 0 saturated carbocycles. The SMILES string of the molecule is C=C(/C=C\C(C)=C(/C)C#Cc1cccnc1)C(N)=O. The number of amides is 1. The van der Waals surface area contributed by atoms with Gasteiger partial charge < -0.3 is 5.73 Å². The van der Waals surface area contributed by atoms with Crippen LogP contribution in [-0.4, -0.2) is 10.9 Å². The maximum absolute atomic E-state index is 10.8. The van der Waals surface area contributed by atoms with Crippen molar-refractivity contribution in [2.45, 2.75) is 13.8 Å². The van der Waals surface area contributed by atoms with Gasteiger partial charge in [0.25, 0.3) is 0 Å². The van der Waals surface area contributed by atoms with Gasteiger partial charge in [-0.2, -0.15) is 0 Å². The number of aromatic nitrogens is 1. The molecule has 2 N–H and O–H groups in total. The van der Waals surface area contributed by atoms with Crippen LogP contribution in [-0.2, 0) is 4.79 Å². The predicted octanol–water partition coefficient (Wildman–Crippen LogP) is 2.37. The summed E-state index contributed by atoms with van der Waals surface area (Å²) in [5, 5.41) is 0. The Kier molecular flexibility index (Phi) is 5.31. The summed E-state index contributed by atoms with van der Waals surface area (Å²) in [7, 11) is 0. The van der Waals surface area contributed by atoms with Crippen molar-refractivity contribution in [3.8, 4) is 11.8 Å². The van der Waals surface area contributed by atoms with E-state index in [0.717, 1.165) is 16.7 Å². The molecule has 1 aromatic rings. The molecule has 0 saturated heterocycles. The van der Waals surface area contributed by atoms with Gasteiger partial charge in [-0.25, -0.2) is 0 Å². The highest BCUT2D eigenvalue weighted by Gasteiger charge is 1.95. The van der Waals surface area contributed by atoms with Gasteiger partial charge in [-0.15, -0.1) is 0 Å². The fraction of sp³-hybridized carbons (Fsp3) is 0.125. The zero-order valence-electron chi connectivity index (χ0n) is 11.1. The first kappa shape index (κ1) is 14.5. The summed E-state index contributed by atoms with van der Waals surface area (Å²) < 4.78 is 0. The van der Waals surface area contributed by atoms with Crippen LogP contribution in [0.1, 0.15) is 19.4 Å². The molecule has 19 heavy (non-hydrogen) atoms. The van der Waals surface area contributed by atoms with Gasteiger partial charge in [0.1, 0.15) is 0 Å². The van der Waals surface area contributed by atoms with Gasteiger partial charge in [-0.05, 0) is 37.6 Å². The van der Waals surface area contributed by atoms with E-state index in [9.17, 15) is 4.79 Å². The highest BCUT2D eigenvalue weighted by atomic mass is 16.1. The van der Waals surface area contributed by atoms with Crippen molar-refractivity contribution in [3.05, 3.63) is 65.5 Å². The maximum atomic E-state index is 10.8. The monoisotopic (exact) mass is 252 g/mol. The topological polar surface area (TPSA) is 56.0 Å². The molecule has 3 heteroatoms. The molecule has 0 bridgehead atoms. The Morgan fingerprint density at radius 1 is 1.42 bits per heavy atom. The minimum absolute atomic E-state index is 0.271. The van der Waals surface area contributed by atoms with E-state index in [2.05, 4.69) is 23.4 Å². The second kappa shape index (κ2) is 6.97. The number of carbonyl (C=O) groups is 1. The van der Waals surface area contributed by atoms with E-state index < -0.39 is 5.91 Å². The van der Waals surface area contributed by atoms with Crippen molar-refractivity contribution in [3.63, 3.8) is 0 Å². The van der Waals surface area contributed by atoms with Crippen molar-refractivity contribution < 1.29 is 4.79 Å². The van der Waals surface area contributed by atoms with Crippen LogP contribution in [0.25, 0.3) is 0 Å². The van der Waals surface area contributed by atoms with Crippen LogP contribution in [0.15, 0.2) is 60.0 Å². The van der Waals surface area contributed by atoms with Crippen molar-refractivity contribution in [1.82, 2.24) is 4.98 Å². The first-order chi connectivity index (χ1) is 9.00. The highest BCUT2D eigenvalue weighted by molar-refractivity contribution is 5.94. The Balaban J connectivity index is 2.84. The summed E-state index contributed by atoms with van der Waals surface area (Å²) in [5.41, 5.74) is 8.10. The number of hydrogen-bond acceptors (Lipinski definition) is 2. The van der Waals surface area contributed by atoms with Crippen LogP contribution in [0.3, 0.4) is 0 Å². The smallest absolute Gasteiger partial charge is 0.248 e. The van der Waals surface area contributed by atoms with E-state index in [4.69, 9.17) is 5.73 Å². The van der Waals surface area contributed by atoms with Gasteiger partial charge in [0.15, 0.2) is 0 Å². The lowest BCUT2D eigenvalue weighted by atomic mass is 10.1. The van der Waals surface area contributed by atoms with Gasteiger partial charge in [-0.1, -0.05) is 24.5 Å². The van der Waals surface area contributed by atoms with Crippen LogP contribution in [0, 0.1) is 11.8 Å². The number of nitrogens with zero attached hydrogens (tertiary/aromatic N) is 1. The van der Waals surface area contributed by atoms with E-state index in [-0.39, 0.29) is 5.57 Å². The molecule has 0 aromatic carbocycles. The molecule has 0 unspecified atom stereocenters. The van der Waals surface area contributed by atoms with Crippen LogP contribution in [0.4, 0.5) is 0 Å². The van der Waals surface area contributed by atoms with Crippen LogP contribution in [0.5, 0.6) is 0 Å². The number of nitrogens with two attached hydrogens (primary N) is 1. The Labute approximate surface area is 113 Å².